The van der Waals surface area contributed by atoms with E-state index in [9.17, 15) is 9.59 Å². The van der Waals surface area contributed by atoms with Gasteiger partial charge in [-0.2, -0.15) is 0 Å². The van der Waals surface area contributed by atoms with Gasteiger partial charge in [0.2, 0.25) is 11.8 Å². The number of likely N-dealkylation sites (tertiary alicyclic amines) is 1. The van der Waals surface area contributed by atoms with Crippen LogP contribution in [-0.2, 0) is 14.3 Å². The number of amides is 2. The Morgan fingerprint density at radius 3 is 2.46 bits per heavy atom. The first kappa shape index (κ1) is 27.4. The molecule has 4 saturated carbocycles. The van der Waals surface area contributed by atoms with Crippen LogP contribution in [0.5, 0.6) is 0 Å². The van der Waals surface area contributed by atoms with Crippen molar-refractivity contribution in [2.75, 3.05) is 19.7 Å². The normalized spacial score (nSPS) is 49.0. The molecule has 228 valence electrons. The van der Waals surface area contributed by atoms with Crippen molar-refractivity contribution >= 4 is 11.8 Å². The van der Waals surface area contributed by atoms with Crippen LogP contribution in [0.3, 0.4) is 0 Å². The summed E-state index contributed by atoms with van der Waals surface area (Å²) in [5.41, 5.74) is 0. The quantitative estimate of drug-likeness (QED) is 0.535. The zero-order valence-electron chi connectivity index (χ0n) is 25.4. The Balaban J connectivity index is 0.868. The number of nitrogens with two attached hydrogens (primary N) is 1. The minimum atomic E-state index is 0.0940. The van der Waals surface area contributed by atoms with Crippen LogP contribution < -0.4 is 10.6 Å². The fourth-order valence-electron chi connectivity index (χ4n) is 12.5. The van der Waals surface area contributed by atoms with E-state index in [0.29, 0.717) is 47.8 Å². The number of fused-ring (bicyclic) bond motifs is 8. The van der Waals surface area contributed by atoms with Crippen LogP contribution in [0.1, 0.15) is 103 Å². The number of nitrogens with one attached hydrogen (secondary N) is 1. The first-order chi connectivity index (χ1) is 20.1. The number of hydrogen-bond acceptors (Lipinski definition) is 4. The summed E-state index contributed by atoms with van der Waals surface area (Å²) in [6.07, 6.45) is 18.5. The van der Waals surface area contributed by atoms with Crippen LogP contribution in [0.2, 0.25) is 0 Å². The van der Waals surface area contributed by atoms with Crippen molar-refractivity contribution in [1.82, 2.24) is 15.1 Å². The smallest absolute Gasteiger partial charge is 0.246 e. The summed E-state index contributed by atoms with van der Waals surface area (Å²) < 4.78 is 6.38. The molecule has 8 rings (SSSR count). The lowest BCUT2D eigenvalue weighted by Gasteiger charge is -2.50. The third-order valence-corrected chi connectivity index (χ3v) is 13.9. The third kappa shape index (κ3) is 4.53. The Morgan fingerprint density at radius 2 is 1.59 bits per heavy atom. The number of quaternary nitrogens is 1. The van der Waals surface area contributed by atoms with Crippen LogP contribution >= 0.6 is 0 Å². The molecule has 0 spiro atoms. The van der Waals surface area contributed by atoms with E-state index in [1.165, 1.54) is 70.9 Å². The summed E-state index contributed by atoms with van der Waals surface area (Å²) >= 11 is 0. The Morgan fingerprint density at radius 1 is 0.829 bits per heavy atom. The monoisotopic (exact) mass is 567 g/mol. The van der Waals surface area contributed by atoms with E-state index in [0.717, 1.165) is 62.4 Å². The molecule has 4 aliphatic heterocycles. The van der Waals surface area contributed by atoms with Crippen LogP contribution in [0.4, 0.5) is 0 Å². The minimum absolute atomic E-state index is 0.0940. The maximum absolute atomic E-state index is 13.8. The van der Waals surface area contributed by atoms with E-state index < -0.39 is 0 Å². The molecule has 0 aromatic carbocycles. The molecule has 4 saturated heterocycles. The van der Waals surface area contributed by atoms with Gasteiger partial charge in [0.15, 0.2) is 0 Å². The number of carbonyl (C=O) groups excluding carboxylic acids is 2. The van der Waals surface area contributed by atoms with Crippen molar-refractivity contribution in [2.45, 2.75) is 146 Å². The van der Waals surface area contributed by atoms with Crippen molar-refractivity contribution in [3.63, 3.8) is 0 Å². The summed E-state index contributed by atoms with van der Waals surface area (Å²) in [5, 5.41) is 6.03. The summed E-state index contributed by atoms with van der Waals surface area (Å²) in [4.78, 5) is 32.2. The molecule has 4 aliphatic carbocycles. The second kappa shape index (κ2) is 11.1. The van der Waals surface area contributed by atoms with Crippen molar-refractivity contribution in [2.24, 2.45) is 35.5 Å². The van der Waals surface area contributed by atoms with E-state index in [1.807, 2.05) is 0 Å². The van der Waals surface area contributed by atoms with Crippen molar-refractivity contribution < 1.29 is 19.6 Å². The van der Waals surface area contributed by atoms with Gasteiger partial charge in [0.05, 0.1) is 18.7 Å². The van der Waals surface area contributed by atoms with Crippen LogP contribution in [0, 0.1) is 35.5 Å². The van der Waals surface area contributed by atoms with Crippen molar-refractivity contribution in [3.8, 4) is 0 Å². The number of piperidine rings is 2. The first-order valence-electron chi connectivity index (χ1n) is 17.9. The fourth-order valence-corrected chi connectivity index (χ4v) is 12.5. The second-order valence-electron chi connectivity index (χ2n) is 15.5. The molecule has 41 heavy (non-hydrogen) atoms. The number of hydrogen-bond donors (Lipinski definition) is 2. The molecule has 13 unspecified atom stereocenters. The maximum atomic E-state index is 13.8. The molecule has 0 bridgehead atoms. The highest BCUT2D eigenvalue weighted by Gasteiger charge is 2.63. The fraction of sp³-hybridized carbons (Fsp3) is 0.941. The predicted molar refractivity (Wildman–Crippen MR) is 157 cm³/mol. The predicted octanol–water partition coefficient (Wildman–Crippen LogP) is 3.07. The van der Waals surface area contributed by atoms with Gasteiger partial charge in [0.1, 0.15) is 12.6 Å². The minimum Gasteiger partial charge on any atom is -0.368 e. The molecule has 7 nitrogen and oxygen atoms in total. The van der Waals surface area contributed by atoms with Gasteiger partial charge in [0, 0.05) is 42.4 Å². The topological polar surface area (TPSA) is 78.5 Å². The average molecular weight is 568 g/mol. The highest BCUT2D eigenvalue weighted by atomic mass is 16.5. The Kier molecular flexibility index (Phi) is 7.39. The highest BCUT2D eigenvalue weighted by molar-refractivity contribution is 5.82. The molecule has 2 amide bonds. The average Bonchev–Trinajstić information content (AvgIpc) is 3.51. The molecule has 4 heterocycles. The van der Waals surface area contributed by atoms with Gasteiger partial charge in [-0.05, 0) is 94.4 Å². The molecular formula is C34H55N4O3+. The largest absolute Gasteiger partial charge is 0.368 e. The Hall–Kier alpha value is -1.18. The zero-order chi connectivity index (χ0) is 27.7. The van der Waals surface area contributed by atoms with Crippen molar-refractivity contribution in [3.05, 3.63) is 0 Å². The Labute approximate surface area is 247 Å². The SMILES string of the molecule is CCN1C2CCCCC2C2CC(NC(=O)COC3CCC4C(C3)C3CC[NH2+]C5C6CCCCC6C(=O)N4C35)CCC21. The number of carbonyl (C=O) groups is 2. The lowest BCUT2D eigenvalue weighted by Crippen LogP contribution is -2.98. The zero-order valence-corrected chi connectivity index (χ0v) is 25.4. The number of rotatable bonds is 5. The molecule has 0 aromatic heterocycles. The van der Waals surface area contributed by atoms with E-state index >= 15 is 0 Å². The van der Waals surface area contributed by atoms with Gasteiger partial charge >= 0.3 is 0 Å². The van der Waals surface area contributed by atoms with Gasteiger partial charge < -0.3 is 20.3 Å². The van der Waals surface area contributed by atoms with E-state index in [4.69, 9.17) is 4.74 Å². The van der Waals surface area contributed by atoms with Crippen LogP contribution in [-0.4, -0.2) is 83.7 Å². The standard InChI is InChI=1S/C34H54N4O3/c1-2-37-28-10-6-5-7-22(28)26-17-20(11-13-29(26)37)36-31(39)19-41-21-12-14-30-27(18-21)24-15-16-35-32-23-8-3-4-9-25(23)34(40)38(30)33(24)32/h20-30,32-33,35H,2-19H2,1H3,(H,36,39)/p+1. The molecule has 8 fully saturated rings. The molecule has 3 N–H and O–H groups in total. The summed E-state index contributed by atoms with van der Waals surface area (Å²) in [6, 6.07) is 3.34. The third-order valence-electron chi connectivity index (χ3n) is 13.9. The molecule has 8 aliphatic rings. The molecule has 7 heteroatoms. The second-order valence-corrected chi connectivity index (χ2v) is 15.5. The summed E-state index contributed by atoms with van der Waals surface area (Å²) in [7, 11) is 0. The van der Waals surface area contributed by atoms with E-state index in [2.05, 4.69) is 27.4 Å². The lowest BCUT2D eigenvalue weighted by atomic mass is 9.66. The van der Waals surface area contributed by atoms with Gasteiger partial charge in [-0.15, -0.1) is 0 Å². The number of ether oxygens (including phenoxy) is 1. The van der Waals surface area contributed by atoms with Gasteiger partial charge in [-0.25, -0.2) is 0 Å². The van der Waals surface area contributed by atoms with Crippen molar-refractivity contribution in [1.29, 1.82) is 0 Å². The lowest BCUT2D eigenvalue weighted by molar-refractivity contribution is -0.713. The van der Waals surface area contributed by atoms with Crippen LogP contribution in [0.25, 0.3) is 0 Å². The summed E-state index contributed by atoms with van der Waals surface area (Å²) in [5.74, 6) is 4.28. The van der Waals surface area contributed by atoms with Crippen LogP contribution in [0.15, 0.2) is 0 Å². The highest BCUT2D eigenvalue weighted by Crippen LogP contribution is 2.53. The first-order valence-corrected chi connectivity index (χ1v) is 17.9. The van der Waals surface area contributed by atoms with Gasteiger partial charge in [-0.1, -0.05) is 32.6 Å². The Bertz CT molecular complexity index is 1000. The molecule has 13 atom stereocenters. The maximum Gasteiger partial charge on any atom is 0.246 e. The van der Waals surface area contributed by atoms with Gasteiger partial charge in [0.25, 0.3) is 0 Å². The molecular weight excluding hydrogens is 512 g/mol. The van der Waals surface area contributed by atoms with E-state index in [1.54, 1.807) is 0 Å². The molecule has 0 aromatic rings. The number of nitrogens with zero attached hydrogens (tertiary/aromatic N) is 2. The summed E-state index contributed by atoms with van der Waals surface area (Å²) in [6.45, 7) is 4.95. The van der Waals surface area contributed by atoms with E-state index in [-0.39, 0.29) is 24.5 Å². The molecule has 0 radical (unpaired) electrons. The van der Waals surface area contributed by atoms with Gasteiger partial charge in [-0.3, -0.25) is 14.5 Å².